The number of hydrogen-bond donors (Lipinski definition) is 3. The smallest absolute Gasteiger partial charge is 0.404 e. The Morgan fingerprint density at radius 2 is 1.92 bits per heavy atom. The lowest BCUT2D eigenvalue weighted by Gasteiger charge is -2.27. The van der Waals surface area contributed by atoms with Crippen LogP contribution in [0.25, 0.3) is 0 Å². The summed E-state index contributed by atoms with van der Waals surface area (Å²) in [5.41, 5.74) is 0. The van der Waals surface area contributed by atoms with E-state index in [1.54, 1.807) is 0 Å². The number of hydrogen-bond acceptors (Lipinski definition) is 2. The summed E-state index contributed by atoms with van der Waals surface area (Å²) >= 11 is 0. The maximum atomic E-state index is 10.3. The zero-order valence-electron chi connectivity index (χ0n) is 7.70. The van der Waals surface area contributed by atoms with Gasteiger partial charge in [0.05, 0.1) is 0 Å². The van der Waals surface area contributed by atoms with Gasteiger partial charge in [0, 0.05) is 12.6 Å². The summed E-state index contributed by atoms with van der Waals surface area (Å²) in [6.45, 7) is 0.252. The van der Waals surface area contributed by atoms with Crippen molar-refractivity contribution in [2.75, 3.05) is 6.61 Å². The van der Waals surface area contributed by atoms with E-state index in [9.17, 15) is 4.79 Å². The molecular weight excluding hydrogens is 170 g/mol. The van der Waals surface area contributed by atoms with E-state index in [1.165, 1.54) is 0 Å². The number of aliphatic hydroxyl groups excluding tert-OH is 1. The van der Waals surface area contributed by atoms with E-state index in [0.29, 0.717) is 5.92 Å². The number of rotatable bonds is 3. The van der Waals surface area contributed by atoms with Crippen LogP contribution in [0.1, 0.15) is 32.1 Å². The van der Waals surface area contributed by atoms with E-state index < -0.39 is 6.09 Å². The SMILES string of the molecule is O=C(O)NC1CCC(CCO)CC1. The largest absolute Gasteiger partial charge is 0.465 e. The topological polar surface area (TPSA) is 69.6 Å². The Hall–Kier alpha value is -0.770. The molecule has 1 rings (SSSR count). The van der Waals surface area contributed by atoms with Crippen molar-refractivity contribution in [3.05, 3.63) is 0 Å². The minimum atomic E-state index is -0.925. The Kier molecular flexibility index (Phi) is 4.02. The molecule has 0 aliphatic heterocycles. The van der Waals surface area contributed by atoms with Crippen molar-refractivity contribution >= 4 is 6.09 Å². The van der Waals surface area contributed by atoms with Crippen LogP contribution in [-0.2, 0) is 0 Å². The Bertz CT molecular complexity index is 164. The summed E-state index contributed by atoms with van der Waals surface area (Å²) in [5.74, 6) is 0.594. The molecule has 1 aliphatic carbocycles. The van der Waals surface area contributed by atoms with Gasteiger partial charge < -0.3 is 15.5 Å². The van der Waals surface area contributed by atoms with Crippen molar-refractivity contribution < 1.29 is 15.0 Å². The highest BCUT2D eigenvalue weighted by Crippen LogP contribution is 2.26. The third kappa shape index (κ3) is 3.63. The molecule has 1 saturated carbocycles. The van der Waals surface area contributed by atoms with Crippen molar-refractivity contribution in [1.82, 2.24) is 5.32 Å². The van der Waals surface area contributed by atoms with Crippen LogP contribution >= 0.6 is 0 Å². The fraction of sp³-hybridized carbons (Fsp3) is 0.889. The van der Waals surface area contributed by atoms with Crippen LogP contribution in [0.4, 0.5) is 4.79 Å². The first-order valence-corrected chi connectivity index (χ1v) is 4.82. The van der Waals surface area contributed by atoms with Crippen molar-refractivity contribution in [2.24, 2.45) is 5.92 Å². The van der Waals surface area contributed by atoms with Gasteiger partial charge in [0.15, 0.2) is 0 Å². The molecule has 0 atom stereocenters. The second kappa shape index (κ2) is 5.07. The Morgan fingerprint density at radius 3 is 2.38 bits per heavy atom. The predicted octanol–water partition coefficient (Wildman–Crippen LogP) is 1.20. The van der Waals surface area contributed by atoms with E-state index in [0.717, 1.165) is 32.1 Å². The first kappa shape index (κ1) is 10.3. The Labute approximate surface area is 78.0 Å². The lowest BCUT2D eigenvalue weighted by molar-refractivity contribution is 0.176. The Balaban J connectivity index is 2.18. The fourth-order valence-electron chi connectivity index (χ4n) is 1.95. The van der Waals surface area contributed by atoms with Gasteiger partial charge in [-0.15, -0.1) is 0 Å². The fourth-order valence-corrected chi connectivity index (χ4v) is 1.95. The van der Waals surface area contributed by atoms with Crippen LogP contribution in [0.2, 0.25) is 0 Å². The van der Waals surface area contributed by atoms with Gasteiger partial charge in [0.25, 0.3) is 0 Å². The summed E-state index contributed by atoms with van der Waals surface area (Å²) in [7, 11) is 0. The standard InChI is InChI=1S/C9H17NO3/c11-6-5-7-1-3-8(4-2-7)10-9(12)13/h7-8,10-11H,1-6H2,(H,12,13). The highest BCUT2D eigenvalue weighted by molar-refractivity contribution is 5.64. The molecule has 0 heterocycles. The molecule has 0 aromatic carbocycles. The summed E-state index contributed by atoms with van der Waals surface area (Å²) in [6, 6.07) is 0.132. The normalized spacial score (nSPS) is 28.4. The molecule has 4 nitrogen and oxygen atoms in total. The van der Waals surface area contributed by atoms with Gasteiger partial charge in [-0.3, -0.25) is 0 Å². The zero-order chi connectivity index (χ0) is 9.68. The number of carboxylic acid groups (broad SMARTS) is 1. The zero-order valence-corrected chi connectivity index (χ0v) is 7.70. The monoisotopic (exact) mass is 187 g/mol. The maximum Gasteiger partial charge on any atom is 0.404 e. The molecule has 76 valence electrons. The van der Waals surface area contributed by atoms with Gasteiger partial charge in [-0.1, -0.05) is 0 Å². The first-order chi connectivity index (χ1) is 6.22. The summed E-state index contributed by atoms with van der Waals surface area (Å²) in [4.78, 5) is 10.3. The number of aliphatic hydroxyl groups is 1. The van der Waals surface area contributed by atoms with Crippen molar-refractivity contribution in [3.63, 3.8) is 0 Å². The van der Waals surface area contributed by atoms with E-state index in [2.05, 4.69) is 5.32 Å². The summed E-state index contributed by atoms with van der Waals surface area (Å²) in [5, 5.41) is 19.7. The Morgan fingerprint density at radius 1 is 1.31 bits per heavy atom. The van der Waals surface area contributed by atoms with E-state index >= 15 is 0 Å². The molecule has 0 radical (unpaired) electrons. The van der Waals surface area contributed by atoms with E-state index in [-0.39, 0.29) is 12.6 Å². The van der Waals surface area contributed by atoms with E-state index in [4.69, 9.17) is 10.2 Å². The van der Waals surface area contributed by atoms with E-state index in [1.807, 2.05) is 0 Å². The highest BCUT2D eigenvalue weighted by atomic mass is 16.4. The minimum absolute atomic E-state index is 0.132. The van der Waals surface area contributed by atoms with Gasteiger partial charge in [-0.25, -0.2) is 4.79 Å². The lowest BCUT2D eigenvalue weighted by atomic mass is 9.84. The molecule has 0 aromatic rings. The second-order valence-electron chi connectivity index (χ2n) is 3.68. The second-order valence-corrected chi connectivity index (χ2v) is 3.68. The third-order valence-electron chi connectivity index (χ3n) is 2.71. The van der Waals surface area contributed by atoms with Gasteiger partial charge in [0.1, 0.15) is 0 Å². The molecular formula is C9H17NO3. The molecule has 1 amide bonds. The van der Waals surface area contributed by atoms with Crippen LogP contribution in [-0.4, -0.2) is 29.0 Å². The molecule has 0 bridgehead atoms. The molecule has 0 saturated heterocycles. The van der Waals surface area contributed by atoms with Crippen LogP contribution in [0.5, 0.6) is 0 Å². The molecule has 13 heavy (non-hydrogen) atoms. The number of nitrogens with one attached hydrogen (secondary N) is 1. The van der Waals surface area contributed by atoms with Crippen LogP contribution in [0.15, 0.2) is 0 Å². The quantitative estimate of drug-likeness (QED) is 0.621. The van der Waals surface area contributed by atoms with Gasteiger partial charge in [-0.2, -0.15) is 0 Å². The van der Waals surface area contributed by atoms with Crippen molar-refractivity contribution in [1.29, 1.82) is 0 Å². The molecule has 0 aromatic heterocycles. The molecule has 1 fully saturated rings. The average molecular weight is 187 g/mol. The van der Waals surface area contributed by atoms with Crippen LogP contribution < -0.4 is 5.32 Å². The summed E-state index contributed by atoms with van der Waals surface area (Å²) in [6.07, 6.45) is 3.83. The van der Waals surface area contributed by atoms with Gasteiger partial charge in [0.2, 0.25) is 0 Å². The van der Waals surface area contributed by atoms with Crippen LogP contribution in [0, 0.1) is 5.92 Å². The minimum Gasteiger partial charge on any atom is -0.465 e. The van der Waals surface area contributed by atoms with Crippen molar-refractivity contribution in [3.8, 4) is 0 Å². The summed E-state index contributed by atoms with van der Waals surface area (Å²) < 4.78 is 0. The third-order valence-corrected chi connectivity index (χ3v) is 2.71. The van der Waals surface area contributed by atoms with Crippen molar-refractivity contribution in [2.45, 2.75) is 38.1 Å². The average Bonchev–Trinajstić information content (AvgIpc) is 2.08. The molecule has 4 heteroatoms. The predicted molar refractivity (Wildman–Crippen MR) is 48.6 cm³/mol. The molecule has 0 spiro atoms. The molecule has 0 unspecified atom stereocenters. The molecule has 3 N–H and O–H groups in total. The highest BCUT2D eigenvalue weighted by Gasteiger charge is 2.21. The van der Waals surface area contributed by atoms with Gasteiger partial charge >= 0.3 is 6.09 Å². The van der Waals surface area contributed by atoms with Crippen LogP contribution in [0.3, 0.4) is 0 Å². The number of amides is 1. The van der Waals surface area contributed by atoms with Gasteiger partial charge in [-0.05, 0) is 38.0 Å². The first-order valence-electron chi connectivity index (χ1n) is 4.82. The lowest BCUT2D eigenvalue weighted by Crippen LogP contribution is -2.36. The maximum absolute atomic E-state index is 10.3. The molecule has 1 aliphatic rings. The number of carbonyl (C=O) groups is 1.